The summed E-state index contributed by atoms with van der Waals surface area (Å²) in [7, 11) is -1.51. The summed E-state index contributed by atoms with van der Waals surface area (Å²) in [4.78, 5) is 8.57. The molecule has 0 fully saturated rings. The van der Waals surface area contributed by atoms with Crippen LogP contribution < -0.4 is 0 Å². The fourth-order valence-electron chi connectivity index (χ4n) is 2.12. The van der Waals surface area contributed by atoms with Gasteiger partial charge >= 0.3 is 0 Å². The standard InChI is InChI=1S/C16H18Cl2N2OS/c1-3-13(17)11-7-5-9-19-15(11)22(21)16-12(14(18)4-2)8-6-10-20-16/h5-10,13-14H,3-4H2,1-2H3. The molecule has 0 N–H and O–H groups in total. The van der Waals surface area contributed by atoms with Gasteiger partial charge in [-0.05, 0) is 25.0 Å². The fourth-order valence-corrected chi connectivity index (χ4v) is 3.95. The van der Waals surface area contributed by atoms with Gasteiger partial charge in [-0.2, -0.15) is 0 Å². The molecule has 0 saturated heterocycles. The molecule has 2 atom stereocenters. The van der Waals surface area contributed by atoms with E-state index in [-0.39, 0.29) is 10.8 Å². The zero-order valence-corrected chi connectivity index (χ0v) is 14.8. The number of rotatable bonds is 6. The Morgan fingerprint density at radius 1 is 0.955 bits per heavy atom. The third kappa shape index (κ3) is 3.67. The lowest BCUT2D eigenvalue weighted by Crippen LogP contribution is -2.08. The molecule has 0 aliphatic rings. The summed E-state index contributed by atoms with van der Waals surface area (Å²) in [6, 6.07) is 7.33. The number of halogens is 2. The minimum Gasteiger partial charge on any atom is -0.247 e. The zero-order valence-electron chi connectivity index (χ0n) is 12.5. The van der Waals surface area contributed by atoms with Crippen molar-refractivity contribution in [3.05, 3.63) is 47.8 Å². The molecule has 2 rings (SSSR count). The molecule has 0 aromatic carbocycles. The van der Waals surface area contributed by atoms with E-state index in [1.54, 1.807) is 24.5 Å². The summed E-state index contributed by atoms with van der Waals surface area (Å²) in [6.45, 7) is 3.96. The SMILES string of the molecule is CCC(Cl)c1cccnc1S(=O)c1ncccc1C(Cl)CC. The maximum atomic E-state index is 13.0. The maximum absolute atomic E-state index is 13.0. The molecule has 0 saturated carbocycles. The van der Waals surface area contributed by atoms with Gasteiger partial charge in [-0.3, -0.25) is 0 Å². The molecule has 2 aromatic heterocycles. The topological polar surface area (TPSA) is 42.9 Å². The van der Waals surface area contributed by atoms with E-state index in [4.69, 9.17) is 23.2 Å². The van der Waals surface area contributed by atoms with Crippen molar-refractivity contribution >= 4 is 34.0 Å². The van der Waals surface area contributed by atoms with E-state index in [1.807, 2.05) is 26.0 Å². The van der Waals surface area contributed by atoms with Crippen molar-refractivity contribution in [2.45, 2.75) is 47.5 Å². The Kier molecular flexibility index (Phi) is 6.36. The lowest BCUT2D eigenvalue weighted by atomic mass is 10.2. The van der Waals surface area contributed by atoms with Crippen molar-refractivity contribution in [3.63, 3.8) is 0 Å². The fraction of sp³-hybridized carbons (Fsp3) is 0.375. The molecule has 3 nitrogen and oxygen atoms in total. The van der Waals surface area contributed by atoms with Crippen LogP contribution in [0.25, 0.3) is 0 Å². The average molecular weight is 357 g/mol. The highest BCUT2D eigenvalue weighted by Crippen LogP contribution is 2.33. The number of nitrogens with zero attached hydrogens (tertiary/aromatic N) is 2. The molecular weight excluding hydrogens is 339 g/mol. The predicted octanol–water partition coefficient (Wildman–Crippen LogP) is 5.02. The van der Waals surface area contributed by atoms with Crippen LogP contribution in [0, 0.1) is 0 Å². The second-order valence-corrected chi connectivity index (χ2v) is 7.18. The van der Waals surface area contributed by atoms with Crippen LogP contribution in [0.15, 0.2) is 46.7 Å². The first-order valence-electron chi connectivity index (χ1n) is 7.19. The van der Waals surface area contributed by atoms with Crippen LogP contribution in [0.5, 0.6) is 0 Å². The van der Waals surface area contributed by atoms with Gasteiger partial charge in [0.25, 0.3) is 0 Å². The predicted molar refractivity (Wildman–Crippen MR) is 90.9 cm³/mol. The molecular formula is C16H18Cl2N2OS. The molecule has 2 aromatic rings. The highest BCUT2D eigenvalue weighted by atomic mass is 35.5. The summed E-state index contributed by atoms with van der Waals surface area (Å²) in [5, 5.41) is 0.476. The van der Waals surface area contributed by atoms with Gasteiger partial charge in [-0.25, -0.2) is 14.2 Å². The Morgan fingerprint density at radius 2 is 1.36 bits per heavy atom. The van der Waals surface area contributed by atoms with Gasteiger partial charge in [-0.1, -0.05) is 26.0 Å². The first kappa shape index (κ1) is 17.4. The molecule has 0 aliphatic heterocycles. The van der Waals surface area contributed by atoms with E-state index in [1.165, 1.54) is 0 Å². The van der Waals surface area contributed by atoms with Crippen molar-refractivity contribution in [2.75, 3.05) is 0 Å². The van der Waals surface area contributed by atoms with Crippen LogP contribution in [-0.2, 0) is 10.8 Å². The van der Waals surface area contributed by atoms with E-state index >= 15 is 0 Å². The smallest absolute Gasteiger partial charge is 0.138 e. The first-order chi connectivity index (χ1) is 10.6. The lowest BCUT2D eigenvalue weighted by molar-refractivity contribution is 0.671. The van der Waals surface area contributed by atoms with Crippen LogP contribution in [0.3, 0.4) is 0 Å². The minimum atomic E-state index is -1.51. The molecule has 118 valence electrons. The summed E-state index contributed by atoms with van der Waals surface area (Å²) < 4.78 is 13.0. The number of hydrogen-bond donors (Lipinski definition) is 0. The summed E-state index contributed by atoms with van der Waals surface area (Å²) >= 11 is 12.7. The van der Waals surface area contributed by atoms with Crippen LogP contribution in [-0.4, -0.2) is 14.2 Å². The molecule has 0 radical (unpaired) electrons. The van der Waals surface area contributed by atoms with Crippen molar-refractivity contribution in [3.8, 4) is 0 Å². The third-order valence-electron chi connectivity index (χ3n) is 3.34. The van der Waals surface area contributed by atoms with Crippen LogP contribution in [0.1, 0.15) is 48.6 Å². The molecule has 0 amide bonds. The van der Waals surface area contributed by atoms with E-state index in [2.05, 4.69) is 9.97 Å². The largest absolute Gasteiger partial charge is 0.247 e. The average Bonchev–Trinajstić information content (AvgIpc) is 2.59. The highest BCUT2D eigenvalue weighted by molar-refractivity contribution is 7.85. The monoisotopic (exact) mass is 356 g/mol. The minimum absolute atomic E-state index is 0.224. The van der Waals surface area contributed by atoms with Crippen molar-refractivity contribution in [1.82, 2.24) is 9.97 Å². The summed E-state index contributed by atoms with van der Waals surface area (Å²) in [5.74, 6) is 0. The van der Waals surface area contributed by atoms with Gasteiger partial charge in [0, 0.05) is 23.5 Å². The molecule has 2 unspecified atom stereocenters. The molecule has 2 heterocycles. The second kappa shape index (κ2) is 8.04. The Labute approximate surface area is 143 Å². The summed E-state index contributed by atoms with van der Waals surface area (Å²) in [6.07, 6.45) is 4.71. The van der Waals surface area contributed by atoms with Crippen LogP contribution >= 0.6 is 23.2 Å². The van der Waals surface area contributed by atoms with Crippen molar-refractivity contribution in [1.29, 1.82) is 0 Å². The van der Waals surface area contributed by atoms with Crippen LogP contribution in [0.4, 0.5) is 0 Å². The van der Waals surface area contributed by atoms with Gasteiger partial charge in [-0.15, -0.1) is 23.2 Å². The van der Waals surface area contributed by atoms with Crippen molar-refractivity contribution < 1.29 is 4.21 Å². The third-order valence-corrected chi connectivity index (χ3v) is 5.82. The zero-order chi connectivity index (χ0) is 16.1. The van der Waals surface area contributed by atoms with E-state index in [9.17, 15) is 4.21 Å². The van der Waals surface area contributed by atoms with Crippen molar-refractivity contribution in [2.24, 2.45) is 0 Å². The highest BCUT2D eigenvalue weighted by Gasteiger charge is 2.23. The second-order valence-electron chi connectivity index (χ2n) is 4.82. The number of hydrogen-bond acceptors (Lipinski definition) is 3. The normalized spacial score (nSPS) is 15.3. The Morgan fingerprint density at radius 3 is 1.73 bits per heavy atom. The van der Waals surface area contributed by atoms with Gasteiger partial charge in [0.15, 0.2) is 0 Å². The Bertz CT molecular complexity index is 611. The molecule has 0 bridgehead atoms. The van der Waals surface area contributed by atoms with Gasteiger partial charge in [0.1, 0.15) is 20.9 Å². The molecule has 0 aliphatic carbocycles. The number of aromatic nitrogens is 2. The summed E-state index contributed by atoms with van der Waals surface area (Å²) in [5.41, 5.74) is 1.56. The quantitative estimate of drug-likeness (QED) is 0.682. The number of alkyl halides is 2. The van der Waals surface area contributed by atoms with E-state index < -0.39 is 10.8 Å². The van der Waals surface area contributed by atoms with E-state index in [0.717, 1.165) is 24.0 Å². The number of pyridine rings is 2. The van der Waals surface area contributed by atoms with Gasteiger partial charge in [0.05, 0.1) is 10.8 Å². The first-order valence-corrected chi connectivity index (χ1v) is 9.22. The lowest BCUT2D eigenvalue weighted by Gasteiger charge is -2.14. The van der Waals surface area contributed by atoms with Crippen LogP contribution in [0.2, 0.25) is 0 Å². The Hall–Kier alpha value is -0.970. The molecule has 6 heteroatoms. The molecule has 0 spiro atoms. The van der Waals surface area contributed by atoms with Gasteiger partial charge in [0.2, 0.25) is 0 Å². The maximum Gasteiger partial charge on any atom is 0.138 e. The Balaban J connectivity index is 2.50. The molecule has 22 heavy (non-hydrogen) atoms. The van der Waals surface area contributed by atoms with Gasteiger partial charge < -0.3 is 0 Å². The van der Waals surface area contributed by atoms with E-state index in [0.29, 0.717) is 10.1 Å².